The Morgan fingerprint density at radius 1 is 0.884 bits per heavy atom. The normalized spacial score (nSPS) is 17.9. The van der Waals surface area contributed by atoms with Gasteiger partial charge in [0.1, 0.15) is 0 Å². The van der Waals surface area contributed by atoms with Crippen LogP contribution in [0, 0.1) is 0 Å². The molecule has 3 aliphatic rings. The van der Waals surface area contributed by atoms with Crippen LogP contribution in [-0.4, -0.2) is 27.7 Å². The number of nitrogens with one attached hydrogen (secondary N) is 1. The van der Waals surface area contributed by atoms with Crippen LogP contribution in [0.3, 0.4) is 0 Å². The second-order valence-corrected chi connectivity index (χ2v) is 12.3. The van der Waals surface area contributed by atoms with Crippen molar-refractivity contribution in [2.45, 2.75) is 64.5 Å². The molecule has 216 valence electrons. The van der Waals surface area contributed by atoms with E-state index in [1.165, 1.54) is 83.7 Å². The third-order valence-electron chi connectivity index (χ3n) is 9.55. The van der Waals surface area contributed by atoms with Crippen LogP contribution in [0.15, 0.2) is 108 Å². The summed E-state index contributed by atoms with van der Waals surface area (Å²) in [5, 5.41) is 10.5. The number of aromatic nitrogens is 2. The van der Waals surface area contributed by atoms with Crippen LogP contribution >= 0.6 is 0 Å². The molecule has 1 saturated heterocycles. The summed E-state index contributed by atoms with van der Waals surface area (Å²) in [7, 11) is 0. The van der Waals surface area contributed by atoms with Crippen molar-refractivity contribution < 1.29 is 0 Å². The highest BCUT2D eigenvalue weighted by Crippen LogP contribution is 2.41. The maximum atomic E-state index is 11.1. The number of nitrogens with zero attached hydrogens (tertiary/aromatic N) is 2. The first-order valence-corrected chi connectivity index (χ1v) is 15.8. The molecule has 1 aliphatic heterocycles. The van der Waals surface area contributed by atoms with Gasteiger partial charge in [0.2, 0.25) is 0 Å². The SMILES string of the molecule is CC1CCCN1Cc1ccc(Cc2cccc3ccc4c(c23)CCC2=C4C=CCC2)cc1.O=c1[nH]ncc2ccccc12. The molecule has 8 rings (SSSR count). The van der Waals surface area contributed by atoms with Crippen LogP contribution in [0.4, 0.5) is 0 Å². The summed E-state index contributed by atoms with van der Waals surface area (Å²) in [6.45, 7) is 4.70. The van der Waals surface area contributed by atoms with Crippen molar-refractivity contribution in [1.82, 2.24) is 15.1 Å². The number of aromatic amines is 1. The van der Waals surface area contributed by atoms with Gasteiger partial charge in [0.25, 0.3) is 5.56 Å². The molecular weight excluding hydrogens is 526 g/mol. The maximum Gasteiger partial charge on any atom is 0.272 e. The second kappa shape index (κ2) is 12.1. The highest BCUT2D eigenvalue weighted by atomic mass is 16.1. The minimum Gasteiger partial charge on any atom is -0.296 e. The predicted molar refractivity (Wildman–Crippen MR) is 178 cm³/mol. The summed E-state index contributed by atoms with van der Waals surface area (Å²) in [5.41, 5.74) is 10.4. The highest BCUT2D eigenvalue weighted by Gasteiger charge is 2.22. The van der Waals surface area contributed by atoms with Crippen molar-refractivity contribution in [2.24, 2.45) is 0 Å². The standard InChI is InChI=1S/C31H33N.C8H6N2O/c1-22-6-5-19-32(22)21-24-13-11-23(12-14-24)20-27-9-4-8-26-16-17-29-28-10-3-2-7-25(28)15-18-30(29)31(26)27;11-8-7-4-2-1-3-6(7)5-9-10-8/h3-4,8-14,16-17,22H,2,5-7,15,18-21H2,1H3;1-5H,(H,10,11). The molecule has 1 unspecified atom stereocenters. The zero-order valence-electron chi connectivity index (χ0n) is 25.0. The number of allylic oxidation sites excluding steroid dienone is 4. The van der Waals surface area contributed by atoms with Gasteiger partial charge in [0.15, 0.2) is 0 Å². The number of hydrogen-bond donors (Lipinski definition) is 1. The van der Waals surface area contributed by atoms with Gasteiger partial charge in [-0.2, -0.15) is 5.10 Å². The third kappa shape index (κ3) is 5.72. The summed E-state index contributed by atoms with van der Waals surface area (Å²) < 4.78 is 0. The molecule has 0 radical (unpaired) electrons. The van der Waals surface area contributed by atoms with E-state index in [-0.39, 0.29) is 5.56 Å². The van der Waals surface area contributed by atoms with E-state index in [4.69, 9.17) is 0 Å². The van der Waals surface area contributed by atoms with E-state index in [9.17, 15) is 4.79 Å². The Kier molecular flexibility index (Phi) is 7.78. The molecule has 4 nitrogen and oxygen atoms in total. The Bertz CT molecular complexity index is 1890. The van der Waals surface area contributed by atoms with E-state index in [1.54, 1.807) is 23.4 Å². The summed E-state index contributed by atoms with van der Waals surface area (Å²) in [5.74, 6) is 0. The molecule has 2 heterocycles. The molecule has 0 amide bonds. The first kappa shape index (κ1) is 27.5. The van der Waals surface area contributed by atoms with E-state index in [2.05, 4.69) is 88.8 Å². The molecular formula is C39H39N3O. The lowest BCUT2D eigenvalue weighted by atomic mass is 9.78. The lowest BCUT2D eigenvalue weighted by Gasteiger charge is -2.26. The fourth-order valence-corrected chi connectivity index (χ4v) is 7.20. The summed E-state index contributed by atoms with van der Waals surface area (Å²) in [4.78, 5) is 13.7. The number of rotatable bonds is 4. The average Bonchev–Trinajstić information content (AvgIpc) is 3.46. The lowest BCUT2D eigenvalue weighted by Crippen LogP contribution is -2.26. The molecule has 0 saturated carbocycles. The zero-order valence-corrected chi connectivity index (χ0v) is 25.0. The van der Waals surface area contributed by atoms with Crippen LogP contribution in [0.5, 0.6) is 0 Å². The third-order valence-corrected chi connectivity index (χ3v) is 9.55. The van der Waals surface area contributed by atoms with Crippen LogP contribution < -0.4 is 5.56 Å². The van der Waals surface area contributed by atoms with E-state index >= 15 is 0 Å². The Hall–Kier alpha value is -4.28. The minimum absolute atomic E-state index is 0.136. The van der Waals surface area contributed by atoms with Crippen LogP contribution in [0.25, 0.3) is 27.1 Å². The van der Waals surface area contributed by atoms with E-state index in [0.717, 1.165) is 24.4 Å². The topological polar surface area (TPSA) is 49.0 Å². The van der Waals surface area contributed by atoms with Gasteiger partial charge in [-0.25, -0.2) is 5.10 Å². The lowest BCUT2D eigenvalue weighted by molar-refractivity contribution is 0.260. The molecule has 5 aromatic rings. The fraction of sp³-hybridized carbons (Fsp3) is 0.282. The summed E-state index contributed by atoms with van der Waals surface area (Å²) in [6.07, 6.45) is 14.9. The predicted octanol–water partition coefficient (Wildman–Crippen LogP) is 8.39. The molecule has 0 bridgehead atoms. The van der Waals surface area contributed by atoms with Crippen LogP contribution in [-0.2, 0) is 19.4 Å². The van der Waals surface area contributed by atoms with Gasteiger partial charge in [-0.05, 0) is 109 Å². The van der Waals surface area contributed by atoms with Gasteiger partial charge in [0.05, 0.1) is 6.20 Å². The van der Waals surface area contributed by atoms with Crippen LogP contribution in [0.2, 0.25) is 0 Å². The minimum atomic E-state index is -0.136. The molecule has 4 aromatic carbocycles. The van der Waals surface area contributed by atoms with Crippen molar-refractivity contribution in [2.75, 3.05) is 6.54 Å². The van der Waals surface area contributed by atoms with Gasteiger partial charge < -0.3 is 0 Å². The number of hydrogen-bond acceptors (Lipinski definition) is 3. The van der Waals surface area contributed by atoms with Crippen molar-refractivity contribution in [3.8, 4) is 0 Å². The Morgan fingerprint density at radius 2 is 1.72 bits per heavy atom. The summed E-state index contributed by atoms with van der Waals surface area (Å²) in [6, 6.07) is 29.1. The van der Waals surface area contributed by atoms with Gasteiger partial charge in [-0.1, -0.05) is 90.5 Å². The van der Waals surface area contributed by atoms with E-state index in [0.29, 0.717) is 5.39 Å². The Labute approximate surface area is 253 Å². The molecule has 1 fully saturated rings. The van der Waals surface area contributed by atoms with Gasteiger partial charge in [-0.15, -0.1) is 0 Å². The number of aryl methyl sites for hydroxylation is 1. The first-order chi connectivity index (χ1) is 21.1. The number of fused-ring (bicyclic) bond motifs is 5. The molecule has 2 aliphatic carbocycles. The van der Waals surface area contributed by atoms with Crippen molar-refractivity contribution >= 4 is 27.1 Å². The van der Waals surface area contributed by atoms with E-state index < -0.39 is 0 Å². The number of H-pyrrole nitrogens is 1. The maximum absolute atomic E-state index is 11.1. The summed E-state index contributed by atoms with van der Waals surface area (Å²) >= 11 is 0. The van der Waals surface area contributed by atoms with E-state index in [1.807, 2.05) is 18.2 Å². The number of likely N-dealkylation sites (tertiary alicyclic amines) is 1. The van der Waals surface area contributed by atoms with Gasteiger partial charge in [0, 0.05) is 23.4 Å². The van der Waals surface area contributed by atoms with Gasteiger partial charge >= 0.3 is 0 Å². The largest absolute Gasteiger partial charge is 0.296 e. The van der Waals surface area contributed by atoms with Crippen molar-refractivity contribution in [3.63, 3.8) is 0 Å². The van der Waals surface area contributed by atoms with Crippen LogP contribution in [0.1, 0.15) is 66.8 Å². The molecule has 43 heavy (non-hydrogen) atoms. The van der Waals surface area contributed by atoms with Crippen molar-refractivity contribution in [1.29, 1.82) is 0 Å². The Balaban J connectivity index is 0.000000229. The molecule has 1 N–H and O–H groups in total. The molecule has 1 atom stereocenters. The first-order valence-electron chi connectivity index (χ1n) is 15.8. The highest BCUT2D eigenvalue weighted by molar-refractivity contribution is 5.96. The molecule has 4 heteroatoms. The second-order valence-electron chi connectivity index (χ2n) is 12.3. The number of benzene rings is 4. The smallest absolute Gasteiger partial charge is 0.272 e. The molecule has 0 spiro atoms. The average molecular weight is 566 g/mol. The Morgan fingerprint density at radius 3 is 2.56 bits per heavy atom. The zero-order chi connectivity index (χ0) is 29.2. The van der Waals surface area contributed by atoms with Gasteiger partial charge in [-0.3, -0.25) is 9.69 Å². The quantitative estimate of drug-likeness (QED) is 0.238. The molecule has 1 aromatic heterocycles. The fourth-order valence-electron chi connectivity index (χ4n) is 7.20. The van der Waals surface area contributed by atoms with Crippen molar-refractivity contribution in [3.05, 3.63) is 141 Å². The monoisotopic (exact) mass is 565 g/mol.